The van der Waals surface area contributed by atoms with Crippen molar-refractivity contribution in [2.75, 3.05) is 5.01 Å². The first-order chi connectivity index (χ1) is 16.2. The number of hydrogen-bond acceptors (Lipinski definition) is 7. The average Bonchev–Trinajstić information content (AvgIpc) is 3.09. The fraction of sp³-hybridized carbons (Fsp3) is 0.200. The van der Waals surface area contributed by atoms with Gasteiger partial charge in [-0.15, -0.1) is 0 Å². The van der Waals surface area contributed by atoms with Gasteiger partial charge in [0.1, 0.15) is 5.69 Å². The molecule has 0 radical (unpaired) electrons. The summed E-state index contributed by atoms with van der Waals surface area (Å²) >= 11 is 0. The molecular weight excluding hydrogens is 434 g/mol. The van der Waals surface area contributed by atoms with Gasteiger partial charge in [-0.3, -0.25) is 9.78 Å². The smallest absolute Gasteiger partial charge is 0.337 e. The number of nitrogens with zero attached hydrogens (tertiary/aromatic N) is 5. The van der Waals surface area contributed by atoms with Gasteiger partial charge in [-0.1, -0.05) is 6.07 Å². The second-order valence-electron chi connectivity index (χ2n) is 8.23. The number of rotatable bonds is 5. The van der Waals surface area contributed by atoms with Crippen LogP contribution < -0.4 is 5.01 Å². The monoisotopic (exact) mass is 457 g/mol. The van der Waals surface area contributed by atoms with E-state index in [9.17, 15) is 19.8 Å². The summed E-state index contributed by atoms with van der Waals surface area (Å²) in [5.74, 6) is -1.65. The van der Waals surface area contributed by atoms with Crippen LogP contribution in [0.3, 0.4) is 0 Å². The lowest BCUT2D eigenvalue weighted by atomic mass is 10.0. The molecule has 0 fully saturated rings. The fourth-order valence-electron chi connectivity index (χ4n) is 3.61. The predicted octanol–water partition coefficient (Wildman–Crippen LogP) is 4.95. The predicted molar refractivity (Wildman–Crippen MR) is 128 cm³/mol. The Hall–Kier alpha value is -4.40. The van der Waals surface area contributed by atoms with Crippen molar-refractivity contribution in [3.8, 4) is 16.9 Å². The molecule has 0 saturated heterocycles. The zero-order valence-electron chi connectivity index (χ0n) is 19.1. The minimum absolute atomic E-state index is 0.00333. The number of phenolic OH excluding ortho intramolecular Hbond substituents is 1. The van der Waals surface area contributed by atoms with Crippen molar-refractivity contribution in [1.82, 2.24) is 4.98 Å². The summed E-state index contributed by atoms with van der Waals surface area (Å²) in [5, 5.41) is 34.1. The topological polar surface area (TPSA) is 128 Å². The van der Waals surface area contributed by atoms with Gasteiger partial charge in [-0.25, -0.2) is 4.79 Å². The molecule has 0 spiro atoms. The number of benzene rings is 2. The average molecular weight is 457 g/mol. The number of azo groups is 1. The number of aromatic nitrogens is 1. The molecule has 2 aromatic carbocycles. The Balaban J connectivity index is 1.65. The summed E-state index contributed by atoms with van der Waals surface area (Å²) in [6.45, 7) is 7.47. The van der Waals surface area contributed by atoms with Crippen LogP contribution in [0.25, 0.3) is 11.1 Å². The third-order valence-corrected chi connectivity index (χ3v) is 5.64. The van der Waals surface area contributed by atoms with Gasteiger partial charge in [-0.05, 0) is 74.7 Å². The van der Waals surface area contributed by atoms with Crippen molar-refractivity contribution in [2.45, 2.75) is 33.7 Å². The molecule has 3 aromatic rings. The maximum Gasteiger partial charge on any atom is 0.337 e. The van der Waals surface area contributed by atoms with Crippen LogP contribution in [-0.4, -0.2) is 38.8 Å². The Morgan fingerprint density at radius 2 is 1.79 bits per heavy atom. The number of anilines is 1. The Bertz CT molecular complexity index is 1380. The zero-order chi connectivity index (χ0) is 24.6. The maximum atomic E-state index is 13.0. The van der Waals surface area contributed by atoms with Crippen molar-refractivity contribution in [2.24, 2.45) is 15.3 Å². The van der Waals surface area contributed by atoms with Crippen LogP contribution in [0.1, 0.15) is 34.0 Å². The van der Waals surface area contributed by atoms with Gasteiger partial charge < -0.3 is 10.2 Å². The lowest BCUT2D eigenvalue weighted by molar-refractivity contribution is -0.117. The maximum absolute atomic E-state index is 13.0. The number of amides is 1. The summed E-state index contributed by atoms with van der Waals surface area (Å²) < 4.78 is 0. The summed E-state index contributed by atoms with van der Waals surface area (Å²) in [5.41, 5.74) is 5.00. The number of phenols is 1. The fourth-order valence-corrected chi connectivity index (χ4v) is 3.61. The number of pyridine rings is 1. The summed E-state index contributed by atoms with van der Waals surface area (Å²) in [4.78, 5) is 28.3. The molecule has 1 aliphatic rings. The Labute approximate surface area is 196 Å². The molecule has 1 unspecified atom stereocenters. The number of carboxylic acids is 1. The van der Waals surface area contributed by atoms with Crippen molar-refractivity contribution in [3.63, 3.8) is 0 Å². The lowest BCUT2D eigenvalue weighted by Gasteiger charge is -2.14. The minimum Gasteiger partial charge on any atom is -0.505 e. The molecular formula is C25H23N5O4. The zero-order valence-corrected chi connectivity index (χ0v) is 19.1. The molecule has 0 aliphatic carbocycles. The van der Waals surface area contributed by atoms with Crippen molar-refractivity contribution in [3.05, 3.63) is 71.0 Å². The largest absolute Gasteiger partial charge is 0.505 e. The molecule has 1 aliphatic heterocycles. The van der Waals surface area contributed by atoms with Gasteiger partial charge in [0.25, 0.3) is 5.91 Å². The highest BCUT2D eigenvalue weighted by Crippen LogP contribution is 2.39. The molecule has 172 valence electrons. The molecule has 9 nitrogen and oxygen atoms in total. The molecule has 0 saturated carbocycles. The van der Waals surface area contributed by atoms with E-state index in [-0.39, 0.29) is 22.9 Å². The first-order valence-corrected chi connectivity index (χ1v) is 10.5. The van der Waals surface area contributed by atoms with Crippen molar-refractivity contribution in [1.29, 1.82) is 0 Å². The molecule has 0 bridgehead atoms. The second kappa shape index (κ2) is 8.86. The number of aryl methyl sites for hydroxylation is 3. The van der Waals surface area contributed by atoms with Gasteiger partial charge in [0.2, 0.25) is 0 Å². The third kappa shape index (κ3) is 4.27. The van der Waals surface area contributed by atoms with Crippen molar-refractivity contribution < 1.29 is 19.8 Å². The van der Waals surface area contributed by atoms with E-state index in [1.165, 1.54) is 23.5 Å². The van der Waals surface area contributed by atoms with Gasteiger partial charge in [0.15, 0.2) is 11.8 Å². The molecule has 1 aromatic heterocycles. The Morgan fingerprint density at radius 1 is 1.03 bits per heavy atom. The minimum atomic E-state index is -1.12. The molecule has 9 heteroatoms. The van der Waals surface area contributed by atoms with E-state index in [4.69, 9.17) is 0 Å². The normalized spacial score (nSPS) is 15.8. The second-order valence-corrected chi connectivity index (χ2v) is 8.23. The van der Waals surface area contributed by atoms with Crippen LogP contribution in [0.15, 0.2) is 64.1 Å². The van der Waals surface area contributed by atoms with Gasteiger partial charge in [-0.2, -0.15) is 20.3 Å². The summed E-state index contributed by atoms with van der Waals surface area (Å²) in [6, 6.07) is 9.48. The number of carbonyl (C=O) groups excluding carboxylic acids is 1. The van der Waals surface area contributed by atoms with E-state index < -0.39 is 12.0 Å². The SMILES string of the molecule is CC1=NN(c2ccc(C)c(C)c2)C(=O)C1N=Nc1cc(C)cc(-c2cncc(C(=O)O)c2)c1O. The van der Waals surface area contributed by atoms with Crippen LogP contribution in [0.5, 0.6) is 5.75 Å². The van der Waals surface area contributed by atoms with Crippen LogP contribution in [-0.2, 0) is 4.79 Å². The highest BCUT2D eigenvalue weighted by Gasteiger charge is 2.35. The lowest BCUT2D eigenvalue weighted by Crippen LogP contribution is -2.29. The Morgan fingerprint density at radius 3 is 2.50 bits per heavy atom. The highest BCUT2D eigenvalue weighted by atomic mass is 16.4. The number of carboxylic acid groups (broad SMARTS) is 1. The number of hydrazone groups is 1. The highest BCUT2D eigenvalue weighted by molar-refractivity contribution is 6.18. The quantitative estimate of drug-likeness (QED) is 0.524. The van der Waals surface area contributed by atoms with E-state index in [1.807, 2.05) is 39.0 Å². The van der Waals surface area contributed by atoms with E-state index in [0.29, 0.717) is 22.5 Å². The number of hydrogen-bond donors (Lipinski definition) is 2. The molecule has 34 heavy (non-hydrogen) atoms. The molecule has 2 heterocycles. The molecule has 1 amide bonds. The molecule has 2 N–H and O–H groups in total. The number of aromatic carboxylic acids is 1. The van der Waals surface area contributed by atoms with Crippen LogP contribution >= 0.6 is 0 Å². The molecule has 4 rings (SSSR count). The van der Waals surface area contributed by atoms with E-state index in [2.05, 4.69) is 20.3 Å². The van der Waals surface area contributed by atoms with Crippen LogP contribution in [0, 0.1) is 20.8 Å². The number of aromatic hydroxyl groups is 1. The van der Waals surface area contributed by atoms with E-state index in [0.717, 1.165) is 16.7 Å². The first kappa shape index (κ1) is 22.8. The van der Waals surface area contributed by atoms with Gasteiger partial charge in [0, 0.05) is 23.5 Å². The Kier molecular flexibility index (Phi) is 5.93. The van der Waals surface area contributed by atoms with Gasteiger partial charge in [0.05, 0.1) is 17.0 Å². The van der Waals surface area contributed by atoms with Crippen LogP contribution in [0.4, 0.5) is 11.4 Å². The third-order valence-electron chi connectivity index (χ3n) is 5.64. The standard InChI is InChI=1S/C25H23N5O4/c1-13-7-20(17-10-18(25(33)34)12-26-11-17)23(31)21(8-13)27-28-22-16(4)29-30(24(22)32)19-6-5-14(2)15(3)9-19/h5-12,22,31H,1-4H3,(H,33,34). The number of carbonyl (C=O) groups is 2. The van der Waals surface area contributed by atoms with Crippen molar-refractivity contribution >= 4 is 29.0 Å². The van der Waals surface area contributed by atoms with E-state index >= 15 is 0 Å². The van der Waals surface area contributed by atoms with Gasteiger partial charge >= 0.3 is 5.97 Å². The van der Waals surface area contributed by atoms with Crippen LogP contribution in [0.2, 0.25) is 0 Å². The summed E-state index contributed by atoms with van der Waals surface area (Å²) in [7, 11) is 0. The first-order valence-electron chi connectivity index (χ1n) is 10.5. The van der Waals surface area contributed by atoms with E-state index in [1.54, 1.807) is 19.1 Å². The summed E-state index contributed by atoms with van der Waals surface area (Å²) in [6.07, 6.45) is 2.69. The molecule has 1 atom stereocenters.